The fourth-order valence-corrected chi connectivity index (χ4v) is 2.20. The molecule has 0 aliphatic heterocycles. The highest BCUT2D eigenvalue weighted by Crippen LogP contribution is 2.29. The topological polar surface area (TPSA) is 21.3 Å². The number of rotatable bonds is 5. The van der Waals surface area contributed by atoms with Gasteiger partial charge in [0.15, 0.2) is 0 Å². The predicted molar refractivity (Wildman–Crippen MR) is 85.4 cm³/mol. The second-order valence-corrected chi connectivity index (χ2v) is 5.44. The third kappa shape index (κ3) is 3.77. The summed E-state index contributed by atoms with van der Waals surface area (Å²) in [6.07, 6.45) is 0.173. The lowest BCUT2D eigenvalue weighted by molar-refractivity contribution is 0.243. The van der Waals surface area contributed by atoms with Crippen molar-refractivity contribution < 1.29 is 4.74 Å². The van der Waals surface area contributed by atoms with Crippen molar-refractivity contribution in [1.82, 2.24) is 0 Å². The van der Waals surface area contributed by atoms with Gasteiger partial charge in [-0.3, -0.25) is 0 Å². The SMILES string of the molecule is Cc1cccc(C(C)Nc2ccccc2OC(C)C)c1. The van der Waals surface area contributed by atoms with E-state index in [1.54, 1.807) is 0 Å². The molecule has 1 N–H and O–H groups in total. The van der Waals surface area contributed by atoms with Crippen molar-refractivity contribution in [3.63, 3.8) is 0 Å². The Hall–Kier alpha value is -1.96. The molecule has 0 amide bonds. The molecule has 2 rings (SSSR count). The number of benzene rings is 2. The highest BCUT2D eigenvalue weighted by molar-refractivity contribution is 5.57. The van der Waals surface area contributed by atoms with Crippen LogP contribution in [0.25, 0.3) is 0 Å². The zero-order valence-electron chi connectivity index (χ0n) is 12.7. The maximum Gasteiger partial charge on any atom is 0.142 e. The van der Waals surface area contributed by atoms with E-state index in [1.807, 2.05) is 32.0 Å². The summed E-state index contributed by atoms with van der Waals surface area (Å²) in [5, 5.41) is 3.53. The Labute approximate surface area is 121 Å². The van der Waals surface area contributed by atoms with E-state index in [1.165, 1.54) is 11.1 Å². The summed E-state index contributed by atoms with van der Waals surface area (Å²) >= 11 is 0. The molecule has 0 saturated carbocycles. The van der Waals surface area contributed by atoms with Crippen molar-refractivity contribution >= 4 is 5.69 Å². The first-order chi connectivity index (χ1) is 9.56. The number of anilines is 1. The van der Waals surface area contributed by atoms with Crippen LogP contribution in [0.2, 0.25) is 0 Å². The van der Waals surface area contributed by atoms with E-state index in [-0.39, 0.29) is 12.1 Å². The number of hydrogen-bond donors (Lipinski definition) is 1. The van der Waals surface area contributed by atoms with Crippen molar-refractivity contribution in [3.8, 4) is 5.75 Å². The van der Waals surface area contributed by atoms with Crippen LogP contribution in [0.5, 0.6) is 5.75 Å². The van der Waals surface area contributed by atoms with Crippen LogP contribution in [0.1, 0.15) is 37.9 Å². The molecule has 0 bridgehead atoms. The molecule has 2 aromatic carbocycles. The third-order valence-electron chi connectivity index (χ3n) is 3.16. The Bertz CT molecular complexity index is 563. The Morgan fingerprint density at radius 3 is 2.40 bits per heavy atom. The average molecular weight is 269 g/mol. The number of para-hydroxylation sites is 2. The normalized spacial score (nSPS) is 12.2. The van der Waals surface area contributed by atoms with Crippen molar-refractivity contribution in [1.29, 1.82) is 0 Å². The molecule has 20 heavy (non-hydrogen) atoms. The van der Waals surface area contributed by atoms with Crippen LogP contribution in [0.15, 0.2) is 48.5 Å². The Kier molecular flexibility index (Phi) is 4.67. The minimum atomic E-state index is 0.173. The van der Waals surface area contributed by atoms with Gasteiger partial charge in [0.2, 0.25) is 0 Å². The van der Waals surface area contributed by atoms with Crippen LogP contribution in [-0.2, 0) is 0 Å². The zero-order valence-corrected chi connectivity index (χ0v) is 12.7. The Balaban J connectivity index is 2.17. The van der Waals surface area contributed by atoms with Gasteiger partial charge in [-0.25, -0.2) is 0 Å². The lowest BCUT2D eigenvalue weighted by Crippen LogP contribution is -2.11. The van der Waals surface area contributed by atoms with Crippen molar-refractivity contribution in [2.24, 2.45) is 0 Å². The van der Waals surface area contributed by atoms with Gasteiger partial charge in [-0.2, -0.15) is 0 Å². The van der Waals surface area contributed by atoms with Gasteiger partial charge in [0.05, 0.1) is 11.8 Å². The molecule has 0 aliphatic rings. The van der Waals surface area contributed by atoms with E-state index >= 15 is 0 Å². The molecular formula is C18H23NO. The summed E-state index contributed by atoms with van der Waals surface area (Å²) in [7, 11) is 0. The van der Waals surface area contributed by atoms with Gasteiger partial charge in [0.25, 0.3) is 0 Å². The number of hydrogen-bond acceptors (Lipinski definition) is 2. The Morgan fingerprint density at radius 2 is 1.70 bits per heavy atom. The largest absolute Gasteiger partial charge is 0.489 e. The van der Waals surface area contributed by atoms with Crippen LogP contribution in [0, 0.1) is 6.92 Å². The standard InChI is InChI=1S/C18H23NO/c1-13(2)20-18-11-6-5-10-17(18)19-15(4)16-9-7-8-14(3)12-16/h5-13,15,19H,1-4H3. The summed E-state index contributed by atoms with van der Waals surface area (Å²) in [6, 6.07) is 16.9. The first-order valence-corrected chi connectivity index (χ1v) is 7.15. The van der Waals surface area contributed by atoms with E-state index in [2.05, 4.69) is 49.5 Å². The smallest absolute Gasteiger partial charge is 0.142 e. The molecular weight excluding hydrogens is 246 g/mol. The first-order valence-electron chi connectivity index (χ1n) is 7.15. The summed E-state index contributed by atoms with van der Waals surface area (Å²) < 4.78 is 5.84. The number of ether oxygens (including phenoxy) is 1. The van der Waals surface area contributed by atoms with Gasteiger partial charge in [-0.05, 0) is 45.4 Å². The summed E-state index contributed by atoms with van der Waals surface area (Å²) in [5.74, 6) is 0.905. The van der Waals surface area contributed by atoms with E-state index in [4.69, 9.17) is 4.74 Å². The lowest BCUT2D eigenvalue weighted by Gasteiger charge is -2.20. The molecule has 1 unspecified atom stereocenters. The number of nitrogens with one attached hydrogen (secondary N) is 1. The minimum Gasteiger partial charge on any atom is -0.489 e. The molecule has 1 atom stereocenters. The first kappa shape index (κ1) is 14.4. The van der Waals surface area contributed by atoms with Gasteiger partial charge in [-0.1, -0.05) is 42.0 Å². The van der Waals surface area contributed by atoms with Crippen LogP contribution >= 0.6 is 0 Å². The second kappa shape index (κ2) is 6.47. The van der Waals surface area contributed by atoms with E-state index in [9.17, 15) is 0 Å². The van der Waals surface area contributed by atoms with Gasteiger partial charge in [-0.15, -0.1) is 0 Å². The van der Waals surface area contributed by atoms with Crippen molar-refractivity contribution in [3.05, 3.63) is 59.7 Å². The molecule has 0 spiro atoms. The van der Waals surface area contributed by atoms with Crippen LogP contribution in [-0.4, -0.2) is 6.10 Å². The number of aryl methyl sites for hydroxylation is 1. The van der Waals surface area contributed by atoms with Crippen molar-refractivity contribution in [2.75, 3.05) is 5.32 Å². The van der Waals surface area contributed by atoms with Gasteiger partial charge >= 0.3 is 0 Å². The predicted octanol–water partition coefficient (Wildman–Crippen LogP) is 4.96. The van der Waals surface area contributed by atoms with Crippen LogP contribution in [0.4, 0.5) is 5.69 Å². The molecule has 106 valence electrons. The highest BCUT2D eigenvalue weighted by atomic mass is 16.5. The van der Waals surface area contributed by atoms with Crippen molar-refractivity contribution in [2.45, 2.75) is 39.8 Å². The molecule has 0 radical (unpaired) electrons. The molecule has 2 aromatic rings. The maximum absolute atomic E-state index is 5.84. The fourth-order valence-electron chi connectivity index (χ4n) is 2.20. The lowest BCUT2D eigenvalue weighted by atomic mass is 10.1. The second-order valence-electron chi connectivity index (χ2n) is 5.44. The van der Waals surface area contributed by atoms with Crippen LogP contribution < -0.4 is 10.1 Å². The maximum atomic E-state index is 5.84. The van der Waals surface area contributed by atoms with Gasteiger partial charge in [0.1, 0.15) is 5.75 Å². The average Bonchev–Trinajstić information content (AvgIpc) is 2.40. The highest BCUT2D eigenvalue weighted by Gasteiger charge is 2.09. The third-order valence-corrected chi connectivity index (χ3v) is 3.16. The monoisotopic (exact) mass is 269 g/mol. The molecule has 2 nitrogen and oxygen atoms in total. The molecule has 0 aliphatic carbocycles. The molecule has 0 fully saturated rings. The minimum absolute atomic E-state index is 0.173. The quantitative estimate of drug-likeness (QED) is 0.828. The zero-order chi connectivity index (χ0) is 14.5. The van der Waals surface area contributed by atoms with E-state index in [0.29, 0.717) is 0 Å². The summed E-state index contributed by atoms with van der Waals surface area (Å²) in [5.41, 5.74) is 3.60. The van der Waals surface area contributed by atoms with E-state index < -0.39 is 0 Å². The summed E-state index contributed by atoms with van der Waals surface area (Å²) in [6.45, 7) is 8.37. The summed E-state index contributed by atoms with van der Waals surface area (Å²) in [4.78, 5) is 0. The van der Waals surface area contributed by atoms with Gasteiger partial charge in [0, 0.05) is 6.04 Å². The van der Waals surface area contributed by atoms with Crippen LogP contribution in [0.3, 0.4) is 0 Å². The molecule has 2 heteroatoms. The fraction of sp³-hybridized carbons (Fsp3) is 0.333. The molecule has 0 heterocycles. The Morgan fingerprint density at radius 1 is 0.950 bits per heavy atom. The van der Waals surface area contributed by atoms with Gasteiger partial charge < -0.3 is 10.1 Å². The molecule has 0 aromatic heterocycles. The van der Waals surface area contributed by atoms with E-state index in [0.717, 1.165) is 11.4 Å². The molecule has 0 saturated heterocycles.